The highest BCUT2D eigenvalue weighted by Crippen LogP contribution is 2.34. The summed E-state index contributed by atoms with van der Waals surface area (Å²) in [5, 5.41) is 10.7. The van der Waals surface area contributed by atoms with Gasteiger partial charge in [-0.25, -0.2) is 4.98 Å². The van der Waals surface area contributed by atoms with Crippen LogP contribution in [0.5, 0.6) is 5.75 Å². The first-order chi connectivity index (χ1) is 8.13. The number of halogens is 2. The molecule has 1 aromatic carbocycles. The summed E-state index contributed by atoms with van der Waals surface area (Å²) >= 11 is 10.7. The quantitative estimate of drug-likeness (QED) is 0.931. The molecular formula is C11H9BrClNO2S. The smallest absolute Gasteiger partial charge is 0.137 e. The van der Waals surface area contributed by atoms with E-state index in [-0.39, 0.29) is 0 Å². The number of aromatic nitrogens is 1. The third-order valence-electron chi connectivity index (χ3n) is 2.29. The molecule has 0 aliphatic heterocycles. The Hall–Kier alpha value is -0.620. The zero-order chi connectivity index (χ0) is 12.4. The first-order valence-electron chi connectivity index (χ1n) is 4.74. The molecule has 0 saturated heterocycles. The van der Waals surface area contributed by atoms with Crippen molar-refractivity contribution < 1.29 is 9.84 Å². The van der Waals surface area contributed by atoms with Gasteiger partial charge in [0.05, 0.1) is 22.5 Å². The van der Waals surface area contributed by atoms with Crippen molar-refractivity contribution in [2.45, 2.75) is 6.10 Å². The van der Waals surface area contributed by atoms with Crippen molar-refractivity contribution in [2.24, 2.45) is 0 Å². The van der Waals surface area contributed by atoms with E-state index in [1.54, 1.807) is 30.8 Å². The van der Waals surface area contributed by atoms with Gasteiger partial charge < -0.3 is 9.84 Å². The Morgan fingerprint density at radius 3 is 2.82 bits per heavy atom. The van der Waals surface area contributed by atoms with Gasteiger partial charge in [0, 0.05) is 0 Å². The van der Waals surface area contributed by atoms with Crippen LogP contribution in [0.3, 0.4) is 0 Å². The summed E-state index contributed by atoms with van der Waals surface area (Å²) in [6.45, 7) is 0. The van der Waals surface area contributed by atoms with Crippen molar-refractivity contribution in [1.29, 1.82) is 0 Å². The Labute approximate surface area is 116 Å². The van der Waals surface area contributed by atoms with Gasteiger partial charge in [-0.05, 0) is 33.6 Å². The average Bonchev–Trinajstić information content (AvgIpc) is 2.74. The Morgan fingerprint density at radius 1 is 1.53 bits per heavy atom. The standard InChI is InChI=1S/C11H9BrClNO2S/c1-16-8-3-2-6(4-7(8)13)9(15)10-11(12)14-5-17-10/h2-5,9,15H,1H3. The van der Waals surface area contributed by atoms with Gasteiger partial charge in [-0.1, -0.05) is 17.7 Å². The van der Waals surface area contributed by atoms with Crippen LogP contribution in [0, 0.1) is 0 Å². The van der Waals surface area contributed by atoms with E-state index in [1.807, 2.05) is 0 Å². The van der Waals surface area contributed by atoms with Gasteiger partial charge in [0.15, 0.2) is 0 Å². The summed E-state index contributed by atoms with van der Waals surface area (Å²) in [5.41, 5.74) is 2.38. The predicted molar refractivity (Wildman–Crippen MR) is 71.9 cm³/mol. The van der Waals surface area contributed by atoms with E-state index in [1.165, 1.54) is 11.3 Å². The SMILES string of the molecule is COc1ccc(C(O)c2scnc2Br)cc1Cl. The second kappa shape index (κ2) is 5.35. The Morgan fingerprint density at radius 2 is 2.29 bits per heavy atom. The third-order valence-corrected chi connectivity index (χ3v) is 4.36. The fourth-order valence-electron chi connectivity index (χ4n) is 1.42. The lowest BCUT2D eigenvalue weighted by molar-refractivity contribution is 0.223. The fourth-order valence-corrected chi connectivity index (χ4v) is 3.11. The number of hydrogen-bond donors (Lipinski definition) is 1. The topological polar surface area (TPSA) is 42.4 Å². The van der Waals surface area contributed by atoms with Crippen LogP contribution in [0.2, 0.25) is 5.02 Å². The molecule has 1 atom stereocenters. The van der Waals surface area contributed by atoms with E-state index in [9.17, 15) is 5.11 Å². The fraction of sp³-hybridized carbons (Fsp3) is 0.182. The van der Waals surface area contributed by atoms with Gasteiger partial charge in [0.1, 0.15) is 16.5 Å². The molecule has 1 unspecified atom stereocenters. The van der Waals surface area contributed by atoms with Crippen LogP contribution in [0.15, 0.2) is 28.3 Å². The number of thiazole rings is 1. The summed E-state index contributed by atoms with van der Waals surface area (Å²) in [6, 6.07) is 5.20. The van der Waals surface area contributed by atoms with Gasteiger partial charge in [-0.3, -0.25) is 0 Å². The minimum atomic E-state index is -0.736. The molecular weight excluding hydrogens is 326 g/mol. The number of rotatable bonds is 3. The van der Waals surface area contributed by atoms with Crippen LogP contribution < -0.4 is 4.74 Å². The molecule has 0 radical (unpaired) electrons. The maximum Gasteiger partial charge on any atom is 0.137 e. The normalized spacial score (nSPS) is 12.5. The van der Waals surface area contributed by atoms with E-state index in [0.717, 1.165) is 4.88 Å². The van der Waals surface area contributed by atoms with Crippen molar-refractivity contribution >= 4 is 38.9 Å². The van der Waals surface area contributed by atoms with Crippen molar-refractivity contribution in [3.8, 4) is 5.75 Å². The van der Waals surface area contributed by atoms with Crippen molar-refractivity contribution in [2.75, 3.05) is 7.11 Å². The summed E-state index contributed by atoms with van der Waals surface area (Å²) in [5.74, 6) is 0.589. The van der Waals surface area contributed by atoms with E-state index in [2.05, 4.69) is 20.9 Å². The van der Waals surface area contributed by atoms with Gasteiger partial charge in [0.25, 0.3) is 0 Å². The Kier molecular flexibility index (Phi) is 4.04. The van der Waals surface area contributed by atoms with Gasteiger partial charge in [-0.2, -0.15) is 0 Å². The zero-order valence-electron chi connectivity index (χ0n) is 8.85. The molecule has 0 fully saturated rings. The lowest BCUT2D eigenvalue weighted by atomic mass is 10.1. The van der Waals surface area contributed by atoms with E-state index < -0.39 is 6.10 Å². The number of aliphatic hydroxyl groups is 1. The number of nitrogens with zero attached hydrogens (tertiary/aromatic N) is 1. The molecule has 0 aliphatic carbocycles. The molecule has 17 heavy (non-hydrogen) atoms. The molecule has 1 N–H and O–H groups in total. The average molecular weight is 335 g/mol. The summed E-state index contributed by atoms with van der Waals surface area (Å²) in [4.78, 5) is 4.79. The van der Waals surface area contributed by atoms with Gasteiger partial charge >= 0.3 is 0 Å². The molecule has 0 aliphatic rings. The van der Waals surface area contributed by atoms with Crippen molar-refractivity contribution in [1.82, 2.24) is 4.98 Å². The summed E-state index contributed by atoms with van der Waals surface area (Å²) in [6.07, 6.45) is -0.736. The molecule has 0 saturated carbocycles. The summed E-state index contributed by atoms with van der Waals surface area (Å²) < 4.78 is 5.72. The third kappa shape index (κ3) is 2.63. The lowest BCUT2D eigenvalue weighted by Crippen LogP contribution is -1.98. The minimum Gasteiger partial charge on any atom is -0.495 e. The van der Waals surface area contributed by atoms with Gasteiger partial charge in [0.2, 0.25) is 0 Å². The number of benzene rings is 1. The number of aliphatic hydroxyl groups excluding tert-OH is 1. The van der Waals surface area contributed by atoms with E-state index in [0.29, 0.717) is 20.9 Å². The molecule has 2 rings (SSSR count). The van der Waals surface area contributed by atoms with Crippen LogP contribution in [0.4, 0.5) is 0 Å². The van der Waals surface area contributed by atoms with Crippen LogP contribution in [0.1, 0.15) is 16.5 Å². The number of methoxy groups -OCH3 is 1. The van der Waals surface area contributed by atoms with Crippen molar-refractivity contribution in [3.63, 3.8) is 0 Å². The van der Waals surface area contributed by atoms with E-state index >= 15 is 0 Å². The minimum absolute atomic E-state index is 0.477. The molecule has 90 valence electrons. The van der Waals surface area contributed by atoms with Crippen LogP contribution >= 0.6 is 38.9 Å². The number of ether oxygens (including phenoxy) is 1. The molecule has 3 nitrogen and oxygen atoms in total. The Bertz CT molecular complexity index is 532. The first kappa shape index (κ1) is 12.8. The lowest BCUT2D eigenvalue weighted by Gasteiger charge is -2.11. The maximum absolute atomic E-state index is 10.2. The maximum atomic E-state index is 10.2. The van der Waals surface area contributed by atoms with Crippen molar-refractivity contribution in [3.05, 3.63) is 43.8 Å². The first-order valence-corrected chi connectivity index (χ1v) is 6.79. The van der Waals surface area contributed by atoms with Gasteiger partial charge in [-0.15, -0.1) is 11.3 Å². The highest BCUT2D eigenvalue weighted by molar-refractivity contribution is 9.10. The largest absolute Gasteiger partial charge is 0.495 e. The predicted octanol–water partition coefficient (Wildman–Crippen LogP) is 3.65. The second-order valence-corrected chi connectivity index (χ2v) is 5.35. The highest BCUT2D eigenvalue weighted by atomic mass is 79.9. The zero-order valence-corrected chi connectivity index (χ0v) is 12.0. The molecule has 0 bridgehead atoms. The van der Waals surface area contributed by atoms with Crippen LogP contribution in [-0.2, 0) is 0 Å². The van der Waals surface area contributed by atoms with E-state index in [4.69, 9.17) is 16.3 Å². The molecule has 1 aromatic heterocycles. The van der Waals surface area contributed by atoms with Crippen LogP contribution in [0.25, 0.3) is 0 Å². The monoisotopic (exact) mass is 333 g/mol. The molecule has 6 heteroatoms. The molecule has 0 amide bonds. The summed E-state index contributed by atoms with van der Waals surface area (Å²) in [7, 11) is 1.55. The number of hydrogen-bond acceptors (Lipinski definition) is 4. The van der Waals surface area contributed by atoms with Crippen LogP contribution in [-0.4, -0.2) is 17.2 Å². The second-order valence-electron chi connectivity index (χ2n) is 3.30. The highest BCUT2D eigenvalue weighted by Gasteiger charge is 2.17. The molecule has 0 spiro atoms. The molecule has 2 aromatic rings. The Balaban J connectivity index is 2.35. The molecule has 1 heterocycles.